The van der Waals surface area contributed by atoms with E-state index in [1.165, 1.54) is 0 Å². The minimum atomic E-state index is -2.79. The highest BCUT2D eigenvalue weighted by Crippen LogP contribution is 1.98. The molecule has 0 aromatic heterocycles. The van der Waals surface area contributed by atoms with Gasteiger partial charge in [0, 0.05) is 0 Å². The molecule has 0 aliphatic rings. The number of hydrogen-bond donors (Lipinski definition) is 1. The number of terminal acetylenes is 1. The van der Waals surface area contributed by atoms with E-state index in [9.17, 15) is 18.4 Å². The van der Waals surface area contributed by atoms with E-state index in [1.54, 1.807) is 5.92 Å². The molecule has 6 heteroatoms. The first-order valence-corrected chi connectivity index (χ1v) is 3.22. The van der Waals surface area contributed by atoms with Gasteiger partial charge in [-0.3, -0.25) is 9.59 Å². The zero-order valence-electron chi connectivity index (χ0n) is 6.54. The summed E-state index contributed by atoms with van der Waals surface area (Å²) in [5.74, 6) is -0.872. The Morgan fingerprint density at radius 3 is 2.38 bits per heavy atom. The number of halogens is 2. The van der Waals surface area contributed by atoms with Crippen molar-refractivity contribution in [3.05, 3.63) is 0 Å². The maximum atomic E-state index is 11.8. The minimum absolute atomic E-state index is 0.396. The van der Waals surface area contributed by atoms with E-state index in [4.69, 9.17) is 5.11 Å². The van der Waals surface area contributed by atoms with Gasteiger partial charge >= 0.3 is 5.97 Å². The summed E-state index contributed by atoms with van der Waals surface area (Å²) in [6, 6.07) is 0. The molecule has 0 aliphatic heterocycles. The van der Waals surface area contributed by atoms with Crippen LogP contribution in [0, 0.1) is 12.3 Å². The van der Waals surface area contributed by atoms with Gasteiger partial charge in [-0.25, -0.2) is 8.78 Å². The molecule has 72 valence electrons. The lowest BCUT2D eigenvalue weighted by Gasteiger charge is -2.16. The number of carbonyl (C=O) groups excluding carboxylic acids is 1. The number of carboxylic acid groups (broad SMARTS) is 1. The lowest BCUT2D eigenvalue weighted by atomic mass is 10.4. The van der Waals surface area contributed by atoms with Crippen LogP contribution < -0.4 is 0 Å². The van der Waals surface area contributed by atoms with Gasteiger partial charge in [-0.05, 0) is 5.92 Å². The van der Waals surface area contributed by atoms with E-state index in [0.29, 0.717) is 4.90 Å². The summed E-state index contributed by atoms with van der Waals surface area (Å²) >= 11 is 0. The predicted octanol–water partition coefficient (Wildman–Crippen LogP) is -0.202. The normalized spacial score (nSPS) is 9.38. The van der Waals surface area contributed by atoms with Crippen molar-refractivity contribution in [2.75, 3.05) is 13.1 Å². The number of amides is 1. The van der Waals surface area contributed by atoms with Gasteiger partial charge in [-0.2, -0.15) is 0 Å². The molecule has 0 aromatic rings. The first-order valence-electron chi connectivity index (χ1n) is 3.22. The zero-order chi connectivity index (χ0) is 10.4. The summed E-state index contributed by atoms with van der Waals surface area (Å²) in [6.45, 7) is -1.78. The molecular formula is C7H7F2NO3. The molecule has 0 bridgehead atoms. The molecular weight excluding hydrogens is 184 g/mol. The highest BCUT2D eigenvalue weighted by Gasteiger charge is 2.18. The number of carboxylic acids is 1. The number of alkyl halides is 2. The van der Waals surface area contributed by atoms with Crippen LogP contribution in [0.5, 0.6) is 0 Å². The van der Waals surface area contributed by atoms with Crippen molar-refractivity contribution in [3.8, 4) is 12.3 Å². The van der Waals surface area contributed by atoms with E-state index in [1.807, 2.05) is 0 Å². The Morgan fingerprint density at radius 2 is 2.08 bits per heavy atom. The van der Waals surface area contributed by atoms with Crippen molar-refractivity contribution < 1.29 is 23.5 Å². The van der Waals surface area contributed by atoms with Crippen LogP contribution in [0.15, 0.2) is 0 Å². The summed E-state index contributed by atoms with van der Waals surface area (Å²) in [4.78, 5) is 21.2. The average molecular weight is 191 g/mol. The molecule has 4 nitrogen and oxygen atoms in total. The fraction of sp³-hybridized carbons (Fsp3) is 0.429. The van der Waals surface area contributed by atoms with Crippen LogP contribution in [0.1, 0.15) is 0 Å². The Hall–Kier alpha value is -1.64. The summed E-state index contributed by atoms with van der Waals surface area (Å²) in [5.41, 5.74) is 0. The third-order valence-corrected chi connectivity index (χ3v) is 1.10. The molecule has 0 aromatic carbocycles. The lowest BCUT2D eigenvalue weighted by molar-refractivity contribution is -0.143. The third kappa shape index (κ3) is 4.74. The highest BCUT2D eigenvalue weighted by atomic mass is 19.3. The molecule has 0 rings (SSSR count). The fourth-order valence-electron chi connectivity index (χ4n) is 0.640. The number of aliphatic carboxylic acids is 1. The Labute approximate surface area is 73.1 Å². The summed E-state index contributed by atoms with van der Waals surface area (Å²) < 4.78 is 23.6. The van der Waals surface area contributed by atoms with E-state index in [2.05, 4.69) is 6.42 Å². The Balaban J connectivity index is 4.29. The predicted molar refractivity (Wildman–Crippen MR) is 39.1 cm³/mol. The summed E-state index contributed by atoms with van der Waals surface area (Å²) in [5, 5.41) is 8.23. The number of rotatable bonds is 4. The summed E-state index contributed by atoms with van der Waals surface area (Å²) in [7, 11) is 0. The topological polar surface area (TPSA) is 57.6 Å². The van der Waals surface area contributed by atoms with Crippen molar-refractivity contribution in [1.29, 1.82) is 0 Å². The Bertz CT molecular complexity index is 247. The number of hydrogen-bond acceptors (Lipinski definition) is 2. The van der Waals surface area contributed by atoms with Gasteiger partial charge in [0.15, 0.2) is 0 Å². The van der Waals surface area contributed by atoms with Gasteiger partial charge in [0.25, 0.3) is 12.3 Å². The van der Waals surface area contributed by atoms with Gasteiger partial charge in [0.1, 0.15) is 6.54 Å². The quantitative estimate of drug-likeness (QED) is 0.626. The van der Waals surface area contributed by atoms with Crippen molar-refractivity contribution in [1.82, 2.24) is 4.90 Å². The van der Waals surface area contributed by atoms with Crippen molar-refractivity contribution in [2.45, 2.75) is 6.43 Å². The molecule has 0 atom stereocenters. The van der Waals surface area contributed by atoms with Crippen molar-refractivity contribution in [2.24, 2.45) is 0 Å². The van der Waals surface area contributed by atoms with Crippen LogP contribution in [0.3, 0.4) is 0 Å². The Morgan fingerprint density at radius 1 is 1.54 bits per heavy atom. The molecule has 0 saturated heterocycles. The molecule has 0 spiro atoms. The maximum Gasteiger partial charge on any atom is 0.323 e. The largest absolute Gasteiger partial charge is 0.480 e. The van der Waals surface area contributed by atoms with Crippen LogP contribution in [0.25, 0.3) is 0 Å². The van der Waals surface area contributed by atoms with Crippen LogP contribution in [0.2, 0.25) is 0 Å². The van der Waals surface area contributed by atoms with Crippen molar-refractivity contribution >= 4 is 11.9 Å². The molecule has 1 N–H and O–H groups in total. The molecule has 0 aliphatic carbocycles. The molecule has 13 heavy (non-hydrogen) atoms. The van der Waals surface area contributed by atoms with E-state index < -0.39 is 31.4 Å². The van der Waals surface area contributed by atoms with E-state index >= 15 is 0 Å². The third-order valence-electron chi connectivity index (χ3n) is 1.10. The average Bonchev–Trinajstić information content (AvgIpc) is 2.00. The lowest BCUT2D eigenvalue weighted by Crippen LogP contribution is -2.38. The number of nitrogens with zero attached hydrogens (tertiary/aromatic N) is 1. The summed E-state index contributed by atoms with van der Waals surface area (Å²) in [6.07, 6.45) is 1.85. The molecule has 0 unspecified atom stereocenters. The second-order valence-corrected chi connectivity index (χ2v) is 2.11. The molecule has 1 amide bonds. The molecule has 0 fully saturated rings. The Kier molecular flexibility index (Phi) is 4.44. The highest BCUT2D eigenvalue weighted by molar-refractivity contribution is 5.94. The van der Waals surface area contributed by atoms with Gasteiger partial charge < -0.3 is 10.0 Å². The SMILES string of the molecule is C#CC(=O)N(CC(=O)O)CC(F)F. The fourth-order valence-corrected chi connectivity index (χ4v) is 0.640. The first-order chi connectivity index (χ1) is 5.97. The van der Waals surface area contributed by atoms with Gasteiger partial charge in [-0.15, -0.1) is 6.42 Å². The second kappa shape index (κ2) is 5.09. The zero-order valence-corrected chi connectivity index (χ0v) is 6.54. The van der Waals surface area contributed by atoms with Crippen LogP contribution in [0.4, 0.5) is 8.78 Å². The standard InChI is InChI=1S/C7H7F2NO3/c1-2-6(11)10(3-5(8)9)4-7(12)13/h1,5H,3-4H2,(H,12,13). The maximum absolute atomic E-state index is 11.8. The van der Waals surface area contributed by atoms with Gasteiger partial charge in [0.05, 0.1) is 6.54 Å². The molecule has 0 radical (unpaired) electrons. The van der Waals surface area contributed by atoms with E-state index in [-0.39, 0.29) is 0 Å². The van der Waals surface area contributed by atoms with E-state index in [0.717, 1.165) is 0 Å². The smallest absolute Gasteiger partial charge is 0.323 e. The van der Waals surface area contributed by atoms with Gasteiger partial charge in [0.2, 0.25) is 0 Å². The molecule has 0 heterocycles. The first kappa shape index (κ1) is 11.4. The minimum Gasteiger partial charge on any atom is -0.480 e. The van der Waals surface area contributed by atoms with Crippen molar-refractivity contribution in [3.63, 3.8) is 0 Å². The monoisotopic (exact) mass is 191 g/mol. The number of carbonyl (C=O) groups is 2. The van der Waals surface area contributed by atoms with Crippen LogP contribution in [-0.4, -0.2) is 41.4 Å². The van der Waals surface area contributed by atoms with Gasteiger partial charge in [-0.1, -0.05) is 0 Å². The van der Waals surface area contributed by atoms with Crippen LogP contribution >= 0.6 is 0 Å². The van der Waals surface area contributed by atoms with Crippen LogP contribution in [-0.2, 0) is 9.59 Å². The molecule has 0 saturated carbocycles. The second-order valence-electron chi connectivity index (χ2n) is 2.11.